The van der Waals surface area contributed by atoms with Crippen molar-refractivity contribution in [1.82, 2.24) is 4.90 Å². The summed E-state index contributed by atoms with van der Waals surface area (Å²) in [5.74, 6) is 0. The van der Waals surface area contributed by atoms with Crippen molar-refractivity contribution in [3.05, 3.63) is 0 Å². The normalized spacial score (nSPS) is 13.6. The van der Waals surface area contributed by atoms with Gasteiger partial charge in [-0.05, 0) is 19.3 Å². The first-order chi connectivity index (χ1) is 6.64. The number of ether oxygens (including phenoxy) is 1. The van der Waals surface area contributed by atoms with Crippen molar-refractivity contribution < 1.29 is 9.84 Å². The van der Waals surface area contributed by atoms with Crippen molar-refractivity contribution in [2.75, 3.05) is 33.4 Å². The number of methoxy groups -OCH3 is 1. The SMILES string of the molecule is COCCN(CC(C)(C)C)CC(C)(C)O. The lowest BCUT2D eigenvalue weighted by Gasteiger charge is -2.33. The van der Waals surface area contributed by atoms with Crippen LogP contribution in [0.2, 0.25) is 0 Å². The van der Waals surface area contributed by atoms with Gasteiger partial charge in [-0.3, -0.25) is 4.90 Å². The predicted octanol–water partition coefficient (Wildman–Crippen LogP) is 1.75. The summed E-state index contributed by atoms with van der Waals surface area (Å²) in [6.07, 6.45) is 0. The molecule has 0 unspecified atom stereocenters. The van der Waals surface area contributed by atoms with Crippen LogP contribution in [0.5, 0.6) is 0 Å². The van der Waals surface area contributed by atoms with Crippen LogP contribution in [0.1, 0.15) is 34.6 Å². The van der Waals surface area contributed by atoms with Gasteiger partial charge in [-0.1, -0.05) is 20.8 Å². The summed E-state index contributed by atoms with van der Waals surface area (Å²) < 4.78 is 5.08. The molecule has 0 spiro atoms. The second-order valence-corrected chi connectivity index (χ2v) is 6.08. The molecule has 0 aliphatic heterocycles. The Morgan fingerprint density at radius 2 is 1.60 bits per heavy atom. The van der Waals surface area contributed by atoms with E-state index in [1.165, 1.54) is 0 Å². The zero-order valence-corrected chi connectivity index (χ0v) is 11.1. The monoisotopic (exact) mass is 217 g/mol. The molecule has 3 heteroatoms. The number of nitrogens with zero attached hydrogens (tertiary/aromatic N) is 1. The highest BCUT2D eigenvalue weighted by Gasteiger charge is 2.22. The molecule has 0 aromatic rings. The molecule has 0 aliphatic rings. The van der Waals surface area contributed by atoms with Gasteiger partial charge in [0.1, 0.15) is 0 Å². The van der Waals surface area contributed by atoms with E-state index >= 15 is 0 Å². The number of hydrogen-bond acceptors (Lipinski definition) is 3. The minimum atomic E-state index is -0.640. The van der Waals surface area contributed by atoms with E-state index in [2.05, 4.69) is 25.7 Å². The molecule has 15 heavy (non-hydrogen) atoms. The summed E-state index contributed by atoms with van der Waals surface area (Å²) in [6, 6.07) is 0. The molecule has 0 saturated heterocycles. The third-order valence-corrected chi connectivity index (χ3v) is 1.92. The van der Waals surface area contributed by atoms with Crippen molar-refractivity contribution in [3.63, 3.8) is 0 Å². The summed E-state index contributed by atoms with van der Waals surface area (Å²) in [5.41, 5.74) is -0.391. The van der Waals surface area contributed by atoms with Crippen LogP contribution < -0.4 is 0 Å². The van der Waals surface area contributed by atoms with Gasteiger partial charge < -0.3 is 9.84 Å². The minimum Gasteiger partial charge on any atom is -0.389 e. The quantitative estimate of drug-likeness (QED) is 0.736. The second kappa shape index (κ2) is 5.83. The first-order valence-corrected chi connectivity index (χ1v) is 5.58. The van der Waals surface area contributed by atoms with Crippen LogP contribution in [0, 0.1) is 5.41 Å². The average molecular weight is 217 g/mol. The number of rotatable bonds is 6. The first kappa shape index (κ1) is 14.9. The number of hydrogen-bond donors (Lipinski definition) is 1. The van der Waals surface area contributed by atoms with Gasteiger partial charge in [-0.15, -0.1) is 0 Å². The van der Waals surface area contributed by atoms with Gasteiger partial charge in [-0.2, -0.15) is 0 Å². The van der Waals surface area contributed by atoms with E-state index < -0.39 is 5.60 Å². The highest BCUT2D eigenvalue weighted by molar-refractivity contribution is 4.76. The highest BCUT2D eigenvalue weighted by Crippen LogP contribution is 2.16. The van der Waals surface area contributed by atoms with Crippen molar-refractivity contribution >= 4 is 0 Å². The van der Waals surface area contributed by atoms with E-state index in [4.69, 9.17) is 4.74 Å². The predicted molar refractivity (Wildman–Crippen MR) is 64.1 cm³/mol. The minimum absolute atomic E-state index is 0.249. The number of aliphatic hydroxyl groups is 1. The van der Waals surface area contributed by atoms with Gasteiger partial charge in [0.05, 0.1) is 12.2 Å². The van der Waals surface area contributed by atoms with E-state index in [-0.39, 0.29) is 5.41 Å². The molecule has 0 heterocycles. The third kappa shape index (κ3) is 10.2. The summed E-state index contributed by atoms with van der Waals surface area (Å²) in [6.45, 7) is 13.5. The molecule has 3 nitrogen and oxygen atoms in total. The molecule has 0 saturated carbocycles. The Balaban J connectivity index is 4.19. The van der Waals surface area contributed by atoms with E-state index in [0.29, 0.717) is 13.2 Å². The molecular weight excluding hydrogens is 190 g/mol. The molecule has 0 fully saturated rings. The topological polar surface area (TPSA) is 32.7 Å². The van der Waals surface area contributed by atoms with Crippen LogP contribution in [-0.2, 0) is 4.74 Å². The molecule has 0 amide bonds. The maximum Gasteiger partial charge on any atom is 0.0718 e. The second-order valence-electron chi connectivity index (χ2n) is 6.08. The largest absolute Gasteiger partial charge is 0.389 e. The van der Waals surface area contributed by atoms with E-state index in [1.54, 1.807) is 7.11 Å². The molecule has 0 aliphatic carbocycles. The zero-order chi connectivity index (χ0) is 12.1. The van der Waals surface area contributed by atoms with Crippen LogP contribution in [-0.4, -0.2) is 49.0 Å². The standard InChI is InChI=1S/C12H27NO2/c1-11(2,3)9-13(7-8-15-6)10-12(4,5)14/h14H,7-10H2,1-6H3. The summed E-state index contributed by atoms with van der Waals surface area (Å²) >= 11 is 0. The fourth-order valence-corrected chi connectivity index (χ4v) is 1.65. The average Bonchev–Trinajstić information content (AvgIpc) is 1.94. The first-order valence-electron chi connectivity index (χ1n) is 5.58. The summed E-state index contributed by atoms with van der Waals surface area (Å²) in [5, 5.41) is 9.80. The molecular formula is C12H27NO2. The maximum atomic E-state index is 9.80. The fraction of sp³-hybridized carbons (Fsp3) is 1.00. The van der Waals surface area contributed by atoms with E-state index in [0.717, 1.165) is 13.1 Å². The van der Waals surface area contributed by atoms with Crippen molar-refractivity contribution in [1.29, 1.82) is 0 Å². The lowest BCUT2D eigenvalue weighted by Crippen LogP contribution is -2.43. The smallest absolute Gasteiger partial charge is 0.0718 e. The van der Waals surface area contributed by atoms with Crippen molar-refractivity contribution in [2.45, 2.75) is 40.2 Å². The molecule has 0 aromatic heterocycles. The summed E-state index contributed by atoms with van der Waals surface area (Å²) in [4.78, 5) is 2.25. The lowest BCUT2D eigenvalue weighted by atomic mass is 9.95. The van der Waals surface area contributed by atoms with Crippen molar-refractivity contribution in [2.24, 2.45) is 5.41 Å². The summed E-state index contributed by atoms with van der Waals surface area (Å²) in [7, 11) is 1.71. The molecule has 92 valence electrons. The zero-order valence-electron chi connectivity index (χ0n) is 11.1. The van der Waals surface area contributed by atoms with Crippen LogP contribution in [0.15, 0.2) is 0 Å². The fourth-order valence-electron chi connectivity index (χ4n) is 1.65. The third-order valence-electron chi connectivity index (χ3n) is 1.92. The Morgan fingerprint density at radius 1 is 1.07 bits per heavy atom. The van der Waals surface area contributed by atoms with Crippen LogP contribution in [0.25, 0.3) is 0 Å². The Bertz CT molecular complexity index is 151. The van der Waals surface area contributed by atoms with E-state index in [1.807, 2.05) is 13.8 Å². The van der Waals surface area contributed by atoms with E-state index in [9.17, 15) is 5.11 Å². The van der Waals surface area contributed by atoms with Gasteiger partial charge in [0.25, 0.3) is 0 Å². The molecule has 0 rings (SSSR count). The van der Waals surface area contributed by atoms with Gasteiger partial charge in [0.2, 0.25) is 0 Å². The lowest BCUT2D eigenvalue weighted by molar-refractivity contribution is 0.0167. The van der Waals surface area contributed by atoms with Crippen LogP contribution in [0.3, 0.4) is 0 Å². The van der Waals surface area contributed by atoms with Gasteiger partial charge in [0.15, 0.2) is 0 Å². The maximum absolute atomic E-state index is 9.80. The van der Waals surface area contributed by atoms with Crippen LogP contribution >= 0.6 is 0 Å². The Kier molecular flexibility index (Phi) is 5.78. The molecule has 0 aromatic carbocycles. The van der Waals surface area contributed by atoms with Crippen molar-refractivity contribution in [3.8, 4) is 0 Å². The van der Waals surface area contributed by atoms with Crippen LogP contribution in [0.4, 0.5) is 0 Å². The Morgan fingerprint density at radius 3 is 1.93 bits per heavy atom. The Labute approximate surface area is 94.4 Å². The highest BCUT2D eigenvalue weighted by atomic mass is 16.5. The van der Waals surface area contributed by atoms with Gasteiger partial charge in [0, 0.05) is 26.7 Å². The molecule has 0 radical (unpaired) electrons. The molecule has 1 N–H and O–H groups in total. The van der Waals surface area contributed by atoms with Gasteiger partial charge in [-0.25, -0.2) is 0 Å². The van der Waals surface area contributed by atoms with Gasteiger partial charge >= 0.3 is 0 Å². The Hall–Kier alpha value is -0.120. The molecule has 0 atom stereocenters. The molecule has 0 bridgehead atoms.